The third kappa shape index (κ3) is 5.29. The Bertz CT molecular complexity index is 1600. The molecule has 4 aliphatic heterocycles. The number of esters is 1. The Morgan fingerprint density at radius 3 is 2.26 bits per heavy atom. The highest BCUT2D eigenvalue weighted by molar-refractivity contribution is 7.80. The second-order valence-electron chi connectivity index (χ2n) is 11.5. The second kappa shape index (κ2) is 11.7. The Morgan fingerprint density at radius 2 is 1.61 bits per heavy atom. The molecule has 0 bridgehead atoms. The van der Waals surface area contributed by atoms with Crippen LogP contribution in [0.3, 0.4) is 0 Å². The topological polar surface area (TPSA) is 204 Å². The van der Waals surface area contributed by atoms with Crippen LogP contribution in [0.15, 0.2) is 24.3 Å². The molecule has 2 aromatic rings. The van der Waals surface area contributed by atoms with E-state index < -0.39 is 77.2 Å². The van der Waals surface area contributed by atoms with Crippen molar-refractivity contribution in [3.05, 3.63) is 41.0 Å². The molecule has 7 rings (SSSR count). The molecule has 4 heterocycles. The minimum Gasteiger partial charge on any atom is -0.502 e. The van der Waals surface area contributed by atoms with Gasteiger partial charge in [0.15, 0.2) is 35.6 Å². The van der Waals surface area contributed by atoms with Crippen molar-refractivity contribution in [2.45, 2.75) is 55.9 Å². The van der Waals surface area contributed by atoms with Crippen molar-refractivity contribution in [2.75, 3.05) is 34.2 Å². The van der Waals surface area contributed by atoms with Gasteiger partial charge in [0.25, 0.3) is 0 Å². The first kappa shape index (κ1) is 31.2. The predicted molar refractivity (Wildman–Crippen MR) is 149 cm³/mol. The minimum absolute atomic E-state index is 0.0369. The number of ether oxygens (including phenoxy) is 9. The number of carbonyl (C=O) groups excluding carboxylic acids is 1. The summed E-state index contributed by atoms with van der Waals surface area (Å²) in [5.74, 6) is -1.78. The zero-order valence-corrected chi connectivity index (χ0v) is 25.6. The first-order valence-electron chi connectivity index (χ1n) is 14.4. The molecule has 0 aromatic heterocycles. The van der Waals surface area contributed by atoms with Gasteiger partial charge in [-0.25, -0.2) is 4.18 Å². The molecule has 5 aliphatic rings. The molecule has 1 aliphatic carbocycles. The predicted octanol–water partition coefficient (Wildman–Crippen LogP) is 1.17. The van der Waals surface area contributed by atoms with Crippen LogP contribution in [-0.2, 0) is 43.1 Å². The van der Waals surface area contributed by atoms with E-state index in [1.807, 2.05) is 0 Å². The van der Waals surface area contributed by atoms with Crippen LogP contribution in [0, 0.1) is 11.8 Å². The molecule has 2 aromatic carbocycles. The standard InChI is InChI=1S/C29H32O16S/c1-11-38-9-20-26(42-11)27(45-46(33,34)35)24(31)29(43-20)44-25-14-7-17-16(40-10-41-17)6-13(14)21(22-15(25)8-39-28(22)32)12-4-18(36-2)23(30)19(5-12)37-3/h4-7,11,15,20-22,24-27,29-31H,8-10H2,1-3H3,(H,33,34,35)/t11-,15+,20-,21-,22+,24-,25-,26-,27-,29+/m1/s1. The van der Waals surface area contributed by atoms with Gasteiger partial charge in [-0.3, -0.25) is 9.35 Å². The lowest BCUT2D eigenvalue weighted by molar-refractivity contribution is -0.361. The number of rotatable bonds is 7. The van der Waals surface area contributed by atoms with Crippen molar-refractivity contribution >= 4 is 16.4 Å². The number of aliphatic hydroxyl groups is 1. The molecule has 46 heavy (non-hydrogen) atoms. The van der Waals surface area contributed by atoms with E-state index in [2.05, 4.69) is 0 Å². The maximum atomic E-state index is 13.5. The summed E-state index contributed by atoms with van der Waals surface area (Å²) >= 11 is 0. The molecule has 3 fully saturated rings. The fourth-order valence-corrected chi connectivity index (χ4v) is 7.47. The molecule has 0 saturated carbocycles. The third-order valence-electron chi connectivity index (χ3n) is 8.95. The number of hydrogen-bond donors (Lipinski definition) is 3. The number of benzene rings is 2. The number of aliphatic hydroxyl groups excluding tert-OH is 1. The van der Waals surface area contributed by atoms with Crippen LogP contribution in [0.1, 0.15) is 35.6 Å². The van der Waals surface area contributed by atoms with Gasteiger partial charge >= 0.3 is 16.4 Å². The molecule has 3 N–H and O–H groups in total. The fourth-order valence-electron chi connectivity index (χ4n) is 6.97. The van der Waals surface area contributed by atoms with Gasteiger partial charge in [-0.2, -0.15) is 8.42 Å². The summed E-state index contributed by atoms with van der Waals surface area (Å²) in [5, 5.41) is 21.9. The molecule has 10 atom stereocenters. The van der Waals surface area contributed by atoms with Gasteiger partial charge in [-0.05, 0) is 47.9 Å². The molecule has 0 spiro atoms. The van der Waals surface area contributed by atoms with Crippen LogP contribution in [-0.4, -0.2) is 100 Å². The normalized spacial score (nSPS) is 34.7. The number of cyclic esters (lactones) is 1. The average molecular weight is 669 g/mol. The maximum Gasteiger partial charge on any atom is 0.397 e. The van der Waals surface area contributed by atoms with Crippen LogP contribution in [0.5, 0.6) is 28.7 Å². The van der Waals surface area contributed by atoms with Crippen LogP contribution < -0.4 is 18.9 Å². The van der Waals surface area contributed by atoms with Crippen LogP contribution in [0.2, 0.25) is 0 Å². The summed E-state index contributed by atoms with van der Waals surface area (Å²) in [4.78, 5) is 13.5. The van der Waals surface area contributed by atoms with E-state index in [9.17, 15) is 28.0 Å². The lowest BCUT2D eigenvalue weighted by Gasteiger charge is -2.48. The van der Waals surface area contributed by atoms with Gasteiger partial charge in [-0.1, -0.05) is 0 Å². The monoisotopic (exact) mass is 668 g/mol. The van der Waals surface area contributed by atoms with E-state index in [4.69, 9.17) is 46.8 Å². The van der Waals surface area contributed by atoms with E-state index in [0.717, 1.165) is 0 Å². The molecule has 0 amide bonds. The molecule has 0 radical (unpaired) electrons. The highest BCUT2D eigenvalue weighted by Gasteiger charge is 2.57. The Kier molecular flexibility index (Phi) is 7.92. The SMILES string of the molecule is COc1cc([C@@H]2c3cc4c(cc3[C@@H](O[C@@H]3O[C@@H]5CO[C@@H](C)O[C@H]5[C@H](OS(=O)(=O)O)[C@H]3O)[C@H]3COC(=O)[C@H]23)OCO4)cc(OC)c1O. The number of hydrogen-bond acceptors (Lipinski definition) is 15. The highest BCUT2D eigenvalue weighted by Crippen LogP contribution is 2.57. The van der Waals surface area contributed by atoms with E-state index in [1.54, 1.807) is 31.2 Å². The molecule has 250 valence electrons. The van der Waals surface area contributed by atoms with Crippen molar-refractivity contribution in [2.24, 2.45) is 11.8 Å². The van der Waals surface area contributed by atoms with E-state index in [1.165, 1.54) is 14.2 Å². The number of phenolic OH excluding ortho intramolecular Hbond substituents is 1. The lowest BCUT2D eigenvalue weighted by atomic mass is 9.66. The Balaban J connectivity index is 1.32. The minimum atomic E-state index is -5.04. The molecule has 3 saturated heterocycles. The van der Waals surface area contributed by atoms with E-state index >= 15 is 0 Å². The largest absolute Gasteiger partial charge is 0.502 e. The Labute approximate surface area is 262 Å². The summed E-state index contributed by atoms with van der Waals surface area (Å²) in [7, 11) is -2.25. The van der Waals surface area contributed by atoms with Gasteiger partial charge in [0.1, 0.15) is 24.4 Å². The number of fused-ring (bicyclic) bond motifs is 4. The fraction of sp³-hybridized carbons (Fsp3) is 0.552. The van der Waals surface area contributed by atoms with E-state index in [-0.39, 0.29) is 37.3 Å². The smallest absolute Gasteiger partial charge is 0.397 e. The molecular weight excluding hydrogens is 636 g/mol. The zero-order valence-electron chi connectivity index (χ0n) is 24.8. The lowest BCUT2D eigenvalue weighted by Crippen LogP contribution is -2.64. The number of carbonyl (C=O) groups is 1. The summed E-state index contributed by atoms with van der Waals surface area (Å²) in [6.45, 7) is 1.43. The van der Waals surface area contributed by atoms with Gasteiger partial charge < -0.3 is 52.8 Å². The van der Waals surface area contributed by atoms with Gasteiger partial charge in [0.05, 0.1) is 39.5 Å². The number of methoxy groups -OCH3 is 2. The van der Waals surface area contributed by atoms with E-state index in [0.29, 0.717) is 28.2 Å². The second-order valence-corrected chi connectivity index (χ2v) is 12.5. The molecular formula is C29H32O16S. The number of phenols is 1. The summed E-state index contributed by atoms with van der Waals surface area (Å²) in [6, 6.07) is 6.66. The van der Waals surface area contributed by atoms with Crippen LogP contribution >= 0.6 is 0 Å². The first-order chi connectivity index (χ1) is 22.0. The average Bonchev–Trinajstić information content (AvgIpc) is 3.64. The highest BCUT2D eigenvalue weighted by atomic mass is 32.3. The van der Waals surface area contributed by atoms with Crippen molar-refractivity contribution in [3.8, 4) is 28.7 Å². The van der Waals surface area contributed by atoms with Crippen molar-refractivity contribution in [1.29, 1.82) is 0 Å². The van der Waals surface area contributed by atoms with Crippen molar-refractivity contribution < 1.29 is 74.8 Å². The van der Waals surface area contributed by atoms with Gasteiger partial charge in [-0.15, -0.1) is 0 Å². The third-order valence-corrected chi connectivity index (χ3v) is 9.42. The molecule has 0 unspecified atom stereocenters. The van der Waals surface area contributed by atoms with Crippen LogP contribution in [0.4, 0.5) is 0 Å². The Morgan fingerprint density at radius 1 is 0.935 bits per heavy atom. The first-order valence-corrected chi connectivity index (χ1v) is 15.8. The van der Waals surface area contributed by atoms with Crippen LogP contribution in [0.25, 0.3) is 0 Å². The van der Waals surface area contributed by atoms with Crippen molar-refractivity contribution in [1.82, 2.24) is 0 Å². The number of aromatic hydroxyl groups is 1. The summed E-state index contributed by atoms with van der Waals surface area (Å²) < 4.78 is 89.3. The van der Waals surface area contributed by atoms with Crippen molar-refractivity contribution in [3.63, 3.8) is 0 Å². The Hall–Kier alpha value is -3.42. The van der Waals surface area contributed by atoms with Gasteiger partial charge in [0, 0.05) is 11.8 Å². The quantitative estimate of drug-likeness (QED) is 0.280. The zero-order chi connectivity index (χ0) is 32.5. The summed E-state index contributed by atoms with van der Waals surface area (Å²) in [5.41, 5.74) is 1.72. The molecule has 17 heteroatoms. The van der Waals surface area contributed by atoms with Gasteiger partial charge in [0.2, 0.25) is 12.5 Å². The maximum absolute atomic E-state index is 13.5. The summed E-state index contributed by atoms with van der Waals surface area (Å²) in [6.07, 6.45) is -8.73. The molecule has 16 nitrogen and oxygen atoms in total.